The average Bonchev–Trinajstić information content (AvgIpc) is 2.83. The SMILES string of the molecule is CC(=O)OC[C@@H]1O[C@H](n2cc(C)c(NO)nc2=O)[C@H](F)[C@H]1OC(C)=O. The van der Waals surface area contributed by atoms with Crippen LogP contribution in [0.1, 0.15) is 25.6 Å². The molecule has 1 aromatic rings. The molecule has 0 spiro atoms. The van der Waals surface area contributed by atoms with Crippen LogP contribution < -0.4 is 11.2 Å². The zero-order valence-corrected chi connectivity index (χ0v) is 13.8. The summed E-state index contributed by atoms with van der Waals surface area (Å²) in [4.78, 5) is 37.8. The van der Waals surface area contributed by atoms with Gasteiger partial charge >= 0.3 is 17.6 Å². The molecule has 11 heteroatoms. The van der Waals surface area contributed by atoms with Gasteiger partial charge in [0.15, 0.2) is 24.3 Å². The summed E-state index contributed by atoms with van der Waals surface area (Å²) in [5, 5.41) is 8.88. The van der Waals surface area contributed by atoms with Crippen LogP contribution in [0.4, 0.5) is 10.2 Å². The van der Waals surface area contributed by atoms with Gasteiger partial charge in [-0.05, 0) is 6.92 Å². The number of nitrogens with one attached hydrogen (secondary N) is 1. The number of aromatic nitrogens is 2. The van der Waals surface area contributed by atoms with Crippen molar-refractivity contribution in [2.45, 2.75) is 45.4 Å². The van der Waals surface area contributed by atoms with E-state index in [9.17, 15) is 18.8 Å². The highest BCUT2D eigenvalue weighted by Gasteiger charge is 2.49. The van der Waals surface area contributed by atoms with E-state index >= 15 is 0 Å². The quantitative estimate of drug-likeness (QED) is 0.555. The first-order valence-electron chi connectivity index (χ1n) is 7.34. The molecule has 10 nitrogen and oxygen atoms in total. The van der Waals surface area contributed by atoms with Crippen molar-refractivity contribution in [3.63, 3.8) is 0 Å². The maximum absolute atomic E-state index is 14.8. The third-order valence-corrected chi connectivity index (χ3v) is 3.53. The lowest BCUT2D eigenvalue weighted by Gasteiger charge is -2.18. The minimum atomic E-state index is -1.89. The first-order chi connectivity index (χ1) is 11.7. The standard InChI is InChI=1S/C14H18FN3O7/c1-6-4-18(14(21)16-12(6)17-22)13-10(15)11(24-8(3)20)9(25-13)5-23-7(2)19/h4,9-11,13,22H,5H2,1-3H3,(H,16,17,21)/t9-,10+,11-,13-/m0/s1. The van der Waals surface area contributed by atoms with Crippen molar-refractivity contribution >= 4 is 17.8 Å². The molecule has 0 saturated carbocycles. The topological polar surface area (TPSA) is 129 Å². The number of rotatable bonds is 5. The Balaban J connectivity index is 2.32. The van der Waals surface area contributed by atoms with Crippen LogP contribution in [0.25, 0.3) is 0 Å². The van der Waals surface area contributed by atoms with Crippen molar-refractivity contribution in [1.29, 1.82) is 0 Å². The Morgan fingerprint density at radius 3 is 2.68 bits per heavy atom. The molecule has 1 aliphatic rings. The number of ether oxygens (including phenoxy) is 3. The van der Waals surface area contributed by atoms with E-state index in [1.165, 1.54) is 20.0 Å². The molecule has 0 unspecified atom stereocenters. The number of alkyl halides is 1. The van der Waals surface area contributed by atoms with Crippen LogP contribution in [-0.4, -0.2) is 51.7 Å². The summed E-state index contributed by atoms with van der Waals surface area (Å²) in [6.07, 6.45) is -4.53. The monoisotopic (exact) mass is 359 g/mol. The Bertz CT molecular complexity index is 723. The third-order valence-electron chi connectivity index (χ3n) is 3.53. The van der Waals surface area contributed by atoms with E-state index in [0.717, 1.165) is 11.5 Å². The molecule has 0 amide bonds. The van der Waals surface area contributed by atoms with Gasteiger partial charge in [0.05, 0.1) is 0 Å². The number of anilines is 1. The Labute approximate surface area is 141 Å². The van der Waals surface area contributed by atoms with E-state index in [1.807, 2.05) is 0 Å². The van der Waals surface area contributed by atoms with Crippen LogP contribution in [0, 0.1) is 6.92 Å². The second-order valence-corrected chi connectivity index (χ2v) is 5.46. The van der Waals surface area contributed by atoms with Crippen molar-refractivity contribution in [1.82, 2.24) is 9.55 Å². The number of esters is 2. The number of hydrogen-bond acceptors (Lipinski definition) is 9. The maximum atomic E-state index is 14.8. The van der Waals surface area contributed by atoms with E-state index in [1.54, 1.807) is 5.48 Å². The van der Waals surface area contributed by atoms with Crippen molar-refractivity contribution < 1.29 is 33.4 Å². The second kappa shape index (κ2) is 7.57. The molecule has 0 aromatic carbocycles. The maximum Gasteiger partial charge on any atom is 0.351 e. The molecular weight excluding hydrogens is 341 g/mol. The molecule has 2 N–H and O–H groups in total. The Kier molecular flexibility index (Phi) is 5.69. The number of nitrogens with zero attached hydrogens (tertiary/aromatic N) is 2. The highest BCUT2D eigenvalue weighted by molar-refractivity contribution is 5.66. The van der Waals surface area contributed by atoms with Gasteiger partial charge in [0.2, 0.25) is 0 Å². The Hall–Kier alpha value is -2.53. The van der Waals surface area contributed by atoms with E-state index in [0.29, 0.717) is 5.56 Å². The molecule has 1 saturated heterocycles. The fourth-order valence-electron chi connectivity index (χ4n) is 2.45. The molecule has 2 rings (SSSR count). The van der Waals surface area contributed by atoms with Gasteiger partial charge in [-0.2, -0.15) is 4.98 Å². The lowest BCUT2D eigenvalue weighted by molar-refractivity contribution is -0.156. The first kappa shape index (κ1) is 18.8. The molecule has 1 fully saturated rings. The molecular formula is C14H18FN3O7. The smallest absolute Gasteiger partial charge is 0.351 e. The number of hydrogen-bond donors (Lipinski definition) is 2. The number of aryl methyl sites for hydroxylation is 1. The van der Waals surface area contributed by atoms with Crippen molar-refractivity contribution in [2.75, 3.05) is 12.1 Å². The number of carbonyl (C=O) groups excluding carboxylic acids is 2. The van der Waals surface area contributed by atoms with Crippen LogP contribution in [0.2, 0.25) is 0 Å². The van der Waals surface area contributed by atoms with E-state index in [2.05, 4.69) is 4.98 Å². The largest absolute Gasteiger partial charge is 0.463 e. The van der Waals surface area contributed by atoms with Crippen LogP contribution in [0.5, 0.6) is 0 Å². The van der Waals surface area contributed by atoms with Crippen LogP contribution in [-0.2, 0) is 23.8 Å². The molecule has 4 atom stereocenters. The lowest BCUT2D eigenvalue weighted by Crippen LogP contribution is -2.37. The van der Waals surface area contributed by atoms with Crippen molar-refractivity contribution in [2.24, 2.45) is 0 Å². The summed E-state index contributed by atoms with van der Waals surface area (Å²) < 4.78 is 30.8. The summed E-state index contributed by atoms with van der Waals surface area (Å²) in [7, 11) is 0. The summed E-state index contributed by atoms with van der Waals surface area (Å²) in [5.41, 5.74) is 1.22. The number of halogens is 1. The predicted octanol–water partition coefficient (Wildman–Crippen LogP) is 0.0831. The molecule has 25 heavy (non-hydrogen) atoms. The van der Waals surface area contributed by atoms with Gasteiger partial charge in [-0.25, -0.2) is 9.18 Å². The fourth-order valence-corrected chi connectivity index (χ4v) is 2.45. The zero-order chi connectivity index (χ0) is 18.7. The first-order valence-corrected chi connectivity index (χ1v) is 7.34. The predicted molar refractivity (Wildman–Crippen MR) is 79.6 cm³/mol. The van der Waals surface area contributed by atoms with E-state index < -0.39 is 42.2 Å². The summed E-state index contributed by atoms with van der Waals surface area (Å²) in [5.74, 6) is -1.44. The molecule has 0 aliphatic carbocycles. The normalized spacial score (nSPS) is 25.5. The Morgan fingerprint density at radius 1 is 1.44 bits per heavy atom. The minimum absolute atomic E-state index is 0.0809. The van der Waals surface area contributed by atoms with E-state index in [4.69, 9.17) is 19.4 Å². The van der Waals surface area contributed by atoms with Crippen LogP contribution in [0.15, 0.2) is 11.0 Å². The van der Waals surface area contributed by atoms with Crippen molar-refractivity contribution in [3.05, 3.63) is 22.2 Å². The second-order valence-electron chi connectivity index (χ2n) is 5.46. The number of carbonyl (C=O) groups is 2. The lowest BCUT2D eigenvalue weighted by atomic mass is 10.1. The molecule has 1 aliphatic heterocycles. The highest BCUT2D eigenvalue weighted by atomic mass is 19.1. The molecule has 0 bridgehead atoms. The van der Waals surface area contributed by atoms with Gasteiger partial charge in [-0.3, -0.25) is 24.8 Å². The fraction of sp³-hybridized carbons (Fsp3) is 0.571. The summed E-state index contributed by atoms with van der Waals surface area (Å²) >= 11 is 0. The van der Waals surface area contributed by atoms with Gasteiger partial charge in [0.1, 0.15) is 12.7 Å². The van der Waals surface area contributed by atoms with Crippen molar-refractivity contribution in [3.8, 4) is 0 Å². The van der Waals surface area contributed by atoms with Gasteiger partial charge in [-0.1, -0.05) is 0 Å². The highest BCUT2D eigenvalue weighted by Crippen LogP contribution is 2.33. The summed E-state index contributed by atoms with van der Waals surface area (Å²) in [6, 6.07) is 0. The average molecular weight is 359 g/mol. The molecule has 138 valence electrons. The molecule has 1 aromatic heterocycles. The van der Waals surface area contributed by atoms with Crippen LogP contribution >= 0.6 is 0 Å². The van der Waals surface area contributed by atoms with Gasteiger partial charge in [0.25, 0.3) is 0 Å². The Morgan fingerprint density at radius 2 is 2.12 bits per heavy atom. The minimum Gasteiger partial charge on any atom is -0.463 e. The van der Waals surface area contributed by atoms with E-state index in [-0.39, 0.29) is 12.4 Å². The van der Waals surface area contributed by atoms with Gasteiger partial charge < -0.3 is 14.2 Å². The zero-order valence-electron chi connectivity index (χ0n) is 13.8. The summed E-state index contributed by atoms with van der Waals surface area (Å²) in [6.45, 7) is 3.45. The third kappa shape index (κ3) is 4.12. The molecule has 0 radical (unpaired) electrons. The van der Waals surface area contributed by atoms with Crippen LogP contribution in [0.3, 0.4) is 0 Å². The van der Waals surface area contributed by atoms with Gasteiger partial charge in [0, 0.05) is 25.6 Å². The van der Waals surface area contributed by atoms with Gasteiger partial charge in [-0.15, -0.1) is 0 Å². The molecule has 2 heterocycles.